The molecule has 0 aliphatic carbocycles. The molecule has 17 heavy (non-hydrogen) atoms. The van der Waals surface area contributed by atoms with Gasteiger partial charge in [-0.1, -0.05) is 12.1 Å². The highest BCUT2D eigenvalue weighted by Crippen LogP contribution is 2.30. The zero-order valence-corrected chi connectivity index (χ0v) is 10.8. The van der Waals surface area contributed by atoms with Crippen LogP contribution in [0.1, 0.15) is 5.56 Å². The van der Waals surface area contributed by atoms with Gasteiger partial charge in [0.15, 0.2) is 0 Å². The minimum absolute atomic E-state index is 0.0988. The number of rotatable bonds is 4. The van der Waals surface area contributed by atoms with Crippen LogP contribution in [0.5, 0.6) is 0 Å². The van der Waals surface area contributed by atoms with E-state index in [1.165, 1.54) is 6.07 Å². The Hall–Kier alpha value is -0.980. The van der Waals surface area contributed by atoms with E-state index in [1.807, 2.05) is 6.07 Å². The minimum atomic E-state index is -0.389. The summed E-state index contributed by atoms with van der Waals surface area (Å²) in [5.74, 6) is 0.354. The zero-order chi connectivity index (χ0) is 12.4. The molecule has 1 aromatic rings. The van der Waals surface area contributed by atoms with Crippen LogP contribution in [0.25, 0.3) is 0 Å². The second kappa shape index (κ2) is 5.12. The van der Waals surface area contributed by atoms with Crippen LogP contribution in [-0.2, 0) is 6.54 Å². The molecule has 0 spiro atoms. The van der Waals surface area contributed by atoms with Gasteiger partial charge >= 0.3 is 0 Å². The van der Waals surface area contributed by atoms with Crippen molar-refractivity contribution < 1.29 is 10.0 Å². The SMILES string of the molecule is O=[N+]([O-])c1cccc(CN2CC(CO)C2)c1Br. The molecule has 1 fully saturated rings. The predicted octanol–water partition coefficient (Wildman–Crippen LogP) is 1.78. The first-order valence-corrected chi connectivity index (χ1v) is 6.16. The highest BCUT2D eigenvalue weighted by molar-refractivity contribution is 9.10. The quantitative estimate of drug-likeness (QED) is 0.680. The lowest BCUT2D eigenvalue weighted by molar-refractivity contribution is -0.385. The van der Waals surface area contributed by atoms with Gasteiger partial charge in [0.25, 0.3) is 5.69 Å². The van der Waals surface area contributed by atoms with Crippen LogP contribution in [0.15, 0.2) is 22.7 Å². The second-order valence-electron chi connectivity index (χ2n) is 4.25. The van der Waals surface area contributed by atoms with Gasteiger partial charge in [0, 0.05) is 38.2 Å². The molecule has 0 aromatic heterocycles. The molecule has 6 heteroatoms. The molecule has 0 amide bonds. The molecule has 0 radical (unpaired) electrons. The number of hydrogen-bond acceptors (Lipinski definition) is 4. The molecule has 1 aliphatic rings. The zero-order valence-electron chi connectivity index (χ0n) is 9.17. The van der Waals surface area contributed by atoms with Gasteiger partial charge in [0.2, 0.25) is 0 Å². The van der Waals surface area contributed by atoms with E-state index in [2.05, 4.69) is 20.8 Å². The van der Waals surface area contributed by atoms with Crippen molar-refractivity contribution >= 4 is 21.6 Å². The number of likely N-dealkylation sites (tertiary alicyclic amines) is 1. The maximum Gasteiger partial charge on any atom is 0.283 e. The van der Waals surface area contributed by atoms with Crippen molar-refractivity contribution in [3.63, 3.8) is 0 Å². The third-order valence-corrected chi connectivity index (χ3v) is 3.86. The topological polar surface area (TPSA) is 66.6 Å². The third-order valence-electron chi connectivity index (χ3n) is 2.94. The first kappa shape index (κ1) is 12.5. The van der Waals surface area contributed by atoms with Gasteiger partial charge < -0.3 is 5.11 Å². The van der Waals surface area contributed by atoms with Gasteiger partial charge in [0.1, 0.15) is 0 Å². The summed E-state index contributed by atoms with van der Waals surface area (Å²) < 4.78 is 0.553. The van der Waals surface area contributed by atoms with Crippen LogP contribution in [0.4, 0.5) is 5.69 Å². The molecule has 0 bridgehead atoms. The molecule has 2 rings (SSSR count). The summed E-state index contributed by atoms with van der Waals surface area (Å²) in [4.78, 5) is 12.5. The first-order valence-electron chi connectivity index (χ1n) is 5.36. The standard InChI is InChI=1S/C11H13BrN2O3/c12-11-9(2-1-3-10(11)14(16)17)6-13-4-8(5-13)7-15/h1-3,8,15H,4-7H2. The van der Waals surface area contributed by atoms with Crippen molar-refractivity contribution in [3.05, 3.63) is 38.3 Å². The fraction of sp³-hybridized carbons (Fsp3) is 0.455. The van der Waals surface area contributed by atoms with Crippen molar-refractivity contribution in [3.8, 4) is 0 Å². The van der Waals surface area contributed by atoms with E-state index in [-0.39, 0.29) is 17.2 Å². The number of benzene rings is 1. The molecule has 1 N–H and O–H groups in total. The van der Waals surface area contributed by atoms with Crippen molar-refractivity contribution in [2.24, 2.45) is 5.92 Å². The number of nitro benzene ring substituents is 1. The Morgan fingerprint density at radius 3 is 2.82 bits per heavy atom. The number of nitro groups is 1. The minimum Gasteiger partial charge on any atom is -0.396 e. The Kier molecular flexibility index (Phi) is 3.76. The van der Waals surface area contributed by atoms with Gasteiger partial charge in [-0.2, -0.15) is 0 Å². The molecule has 0 atom stereocenters. The van der Waals surface area contributed by atoms with Gasteiger partial charge in [0.05, 0.1) is 9.40 Å². The summed E-state index contributed by atoms with van der Waals surface area (Å²) in [6.45, 7) is 2.60. The van der Waals surface area contributed by atoms with Crippen LogP contribution in [0.2, 0.25) is 0 Å². The number of nitrogens with zero attached hydrogens (tertiary/aromatic N) is 2. The van der Waals surface area contributed by atoms with Crippen LogP contribution >= 0.6 is 15.9 Å². The molecule has 1 heterocycles. The van der Waals surface area contributed by atoms with E-state index in [1.54, 1.807) is 6.07 Å². The summed E-state index contributed by atoms with van der Waals surface area (Å²) >= 11 is 3.28. The molecular weight excluding hydrogens is 288 g/mol. The fourth-order valence-electron chi connectivity index (χ4n) is 1.99. The van der Waals surface area contributed by atoms with Gasteiger partial charge in [-0.15, -0.1) is 0 Å². The molecule has 0 unspecified atom stereocenters. The Labute approximate surface area is 107 Å². The molecule has 5 nitrogen and oxygen atoms in total. The number of aliphatic hydroxyl groups excluding tert-OH is 1. The largest absolute Gasteiger partial charge is 0.396 e. The molecule has 1 aromatic carbocycles. The first-order chi connectivity index (χ1) is 8.11. The Morgan fingerprint density at radius 2 is 2.24 bits per heavy atom. The van der Waals surface area contributed by atoms with Crippen molar-refractivity contribution in [2.75, 3.05) is 19.7 Å². The van der Waals surface area contributed by atoms with E-state index >= 15 is 0 Å². The normalized spacial score (nSPS) is 16.8. The van der Waals surface area contributed by atoms with E-state index in [9.17, 15) is 10.1 Å². The van der Waals surface area contributed by atoms with Crippen LogP contribution in [-0.4, -0.2) is 34.6 Å². The van der Waals surface area contributed by atoms with E-state index in [0.29, 0.717) is 16.9 Å². The van der Waals surface area contributed by atoms with Crippen LogP contribution < -0.4 is 0 Å². The summed E-state index contributed by atoms with van der Waals surface area (Å²) in [6.07, 6.45) is 0. The van der Waals surface area contributed by atoms with Crippen molar-refractivity contribution in [2.45, 2.75) is 6.54 Å². The van der Waals surface area contributed by atoms with Crippen molar-refractivity contribution in [1.82, 2.24) is 4.90 Å². The third kappa shape index (κ3) is 2.65. The smallest absolute Gasteiger partial charge is 0.283 e. The fourth-order valence-corrected chi connectivity index (χ4v) is 2.53. The molecule has 0 saturated carbocycles. The lowest BCUT2D eigenvalue weighted by atomic mass is 10.0. The molecular formula is C11H13BrN2O3. The summed E-state index contributed by atoms with van der Waals surface area (Å²) in [5.41, 5.74) is 1.01. The lowest BCUT2D eigenvalue weighted by Crippen LogP contribution is -2.47. The molecule has 92 valence electrons. The highest BCUT2D eigenvalue weighted by Gasteiger charge is 2.27. The molecule has 1 saturated heterocycles. The Morgan fingerprint density at radius 1 is 1.53 bits per heavy atom. The summed E-state index contributed by atoms with van der Waals surface area (Å²) in [7, 11) is 0. The Balaban J connectivity index is 2.07. The second-order valence-corrected chi connectivity index (χ2v) is 5.04. The summed E-state index contributed by atoms with van der Waals surface area (Å²) in [5, 5.41) is 19.7. The van der Waals surface area contributed by atoms with Crippen LogP contribution in [0, 0.1) is 16.0 Å². The number of aliphatic hydroxyl groups is 1. The highest BCUT2D eigenvalue weighted by atomic mass is 79.9. The van der Waals surface area contributed by atoms with Crippen LogP contribution in [0.3, 0.4) is 0 Å². The van der Waals surface area contributed by atoms with Crippen molar-refractivity contribution in [1.29, 1.82) is 0 Å². The number of hydrogen-bond donors (Lipinski definition) is 1. The average Bonchev–Trinajstić information content (AvgIpc) is 2.24. The summed E-state index contributed by atoms with van der Waals surface area (Å²) in [6, 6.07) is 5.06. The van der Waals surface area contributed by atoms with Gasteiger partial charge in [-0.05, 0) is 21.5 Å². The monoisotopic (exact) mass is 300 g/mol. The van der Waals surface area contributed by atoms with Gasteiger partial charge in [-0.25, -0.2) is 0 Å². The number of halogens is 1. The van der Waals surface area contributed by atoms with E-state index in [0.717, 1.165) is 18.7 Å². The van der Waals surface area contributed by atoms with E-state index in [4.69, 9.17) is 5.11 Å². The lowest BCUT2D eigenvalue weighted by Gasteiger charge is -2.38. The maximum atomic E-state index is 10.8. The Bertz CT molecular complexity index is 433. The average molecular weight is 301 g/mol. The molecule has 1 aliphatic heterocycles. The predicted molar refractivity (Wildman–Crippen MR) is 66.6 cm³/mol. The maximum absolute atomic E-state index is 10.8. The van der Waals surface area contributed by atoms with E-state index < -0.39 is 0 Å². The van der Waals surface area contributed by atoms with Gasteiger partial charge in [-0.3, -0.25) is 15.0 Å².